The lowest BCUT2D eigenvalue weighted by Gasteiger charge is -2.12. The summed E-state index contributed by atoms with van der Waals surface area (Å²) in [7, 11) is 5.47. The Labute approximate surface area is 170 Å². The smallest absolute Gasteiger partial charge is 0.224 e. The van der Waals surface area contributed by atoms with Gasteiger partial charge in [-0.15, -0.1) is 0 Å². The Kier molecular flexibility index (Phi) is 6.11. The van der Waals surface area contributed by atoms with Crippen molar-refractivity contribution in [3.63, 3.8) is 0 Å². The minimum absolute atomic E-state index is 0.0429. The second-order valence-corrected chi connectivity index (χ2v) is 6.97. The molecule has 29 heavy (non-hydrogen) atoms. The minimum Gasteiger partial charge on any atom is -0.497 e. The number of nitrogens with zero attached hydrogens (tertiary/aromatic N) is 5. The van der Waals surface area contributed by atoms with Gasteiger partial charge < -0.3 is 15.0 Å². The van der Waals surface area contributed by atoms with E-state index >= 15 is 0 Å². The molecule has 1 N–H and O–H groups in total. The molecule has 8 nitrogen and oxygen atoms in total. The largest absolute Gasteiger partial charge is 0.497 e. The lowest BCUT2D eigenvalue weighted by molar-refractivity contribution is -0.116. The van der Waals surface area contributed by atoms with E-state index in [9.17, 15) is 4.79 Å². The van der Waals surface area contributed by atoms with E-state index in [0.29, 0.717) is 18.7 Å². The fourth-order valence-corrected chi connectivity index (χ4v) is 3.09. The lowest BCUT2D eigenvalue weighted by Crippen LogP contribution is -2.13. The third kappa shape index (κ3) is 4.71. The molecule has 3 aromatic rings. The third-order valence-electron chi connectivity index (χ3n) is 4.73. The quantitative estimate of drug-likeness (QED) is 0.663. The molecule has 1 amide bonds. The van der Waals surface area contributed by atoms with E-state index in [-0.39, 0.29) is 5.91 Å². The van der Waals surface area contributed by atoms with Crippen LogP contribution < -0.4 is 15.0 Å². The number of hydrogen-bond donors (Lipinski definition) is 1. The van der Waals surface area contributed by atoms with Crippen LogP contribution in [-0.2, 0) is 11.2 Å². The van der Waals surface area contributed by atoms with Crippen molar-refractivity contribution in [2.75, 3.05) is 31.4 Å². The molecule has 2 aromatic heterocycles. The van der Waals surface area contributed by atoms with E-state index in [1.165, 1.54) is 6.33 Å². The molecule has 2 heterocycles. The zero-order valence-electron chi connectivity index (χ0n) is 17.4. The number of rotatable bonds is 7. The van der Waals surface area contributed by atoms with E-state index in [4.69, 9.17) is 4.74 Å². The molecule has 0 saturated carbocycles. The Hall–Kier alpha value is -3.42. The lowest BCUT2D eigenvalue weighted by atomic mass is 10.1. The summed E-state index contributed by atoms with van der Waals surface area (Å²) in [5, 5.41) is 7.54. The van der Waals surface area contributed by atoms with Crippen molar-refractivity contribution in [1.29, 1.82) is 0 Å². The van der Waals surface area contributed by atoms with E-state index in [1.54, 1.807) is 11.8 Å². The number of benzene rings is 1. The Balaban J connectivity index is 1.70. The maximum atomic E-state index is 12.4. The van der Waals surface area contributed by atoms with Crippen LogP contribution in [0, 0.1) is 13.8 Å². The fourth-order valence-electron chi connectivity index (χ4n) is 3.09. The summed E-state index contributed by atoms with van der Waals surface area (Å²) in [6.45, 7) is 3.95. The maximum Gasteiger partial charge on any atom is 0.224 e. The Morgan fingerprint density at radius 3 is 2.55 bits per heavy atom. The average Bonchev–Trinajstić information content (AvgIpc) is 3.00. The summed E-state index contributed by atoms with van der Waals surface area (Å²) in [6, 6.07) is 9.17. The number of ether oxygens (including phenoxy) is 1. The van der Waals surface area contributed by atoms with E-state index in [2.05, 4.69) is 20.4 Å². The first kappa shape index (κ1) is 20.3. The Bertz CT molecular complexity index is 995. The van der Waals surface area contributed by atoms with Gasteiger partial charge in [-0.1, -0.05) is 0 Å². The normalized spacial score (nSPS) is 10.7. The monoisotopic (exact) mass is 394 g/mol. The third-order valence-corrected chi connectivity index (χ3v) is 4.73. The Morgan fingerprint density at radius 1 is 1.17 bits per heavy atom. The van der Waals surface area contributed by atoms with Crippen LogP contribution >= 0.6 is 0 Å². The summed E-state index contributed by atoms with van der Waals surface area (Å²) in [6.07, 6.45) is 2.50. The molecular weight excluding hydrogens is 368 g/mol. The average molecular weight is 394 g/mol. The fraction of sp³-hybridized carbons (Fsp3) is 0.333. The summed E-state index contributed by atoms with van der Waals surface area (Å²) in [5.41, 5.74) is 3.67. The van der Waals surface area contributed by atoms with Crippen molar-refractivity contribution in [1.82, 2.24) is 19.7 Å². The van der Waals surface area contributed by atoms with Crippen LogP contribution in [0.15, 0.2) is 36.7 Å². The minimum atomic E-state index is -0.0429. The van der Waals surface area contributed by atoms with Gasteiger partial charge in [0.1, 0.15) is 17.9 Å². The zero-order chi connectivity index (χ0) is 21.0. The van der Waals surface area contributed by atoms with Gasteiger partial charge in [0.2, 0.25) is 5.91 Å². The number of methoxy groups -OCH3 is 1. The van der Waals surface area contributed by atoms with Crippen LogP contribution in [0.1, 0.15) is 23.4 Å². The predicted octanol–water partition coefficient (Wildman–Crippen LogP) is 2.93. The van der Waals surface area contributed by atoms with Crippen molar-refractivity contribution in [2.24, 2.45) is 0 Å². The molecule has 0 aliphatic rings. The second kappa shape index (κ2) is 8.72. The topological polar surface area (TPSA) is 85.2 Å². The molecule has 152 valence electrons. The van der Waals surface area contributed by atoms with Gasteiger partial charge in [0.05, 0.1) is 12.8 Å². The predicted molar refractivity (Wildman–Crippen MR) is 113 cm³/mol. The molecule has 0 atom stereocenters. The molecule has 3 rings (SSSR count). The van der Waals surface area contributed by atoms with Crippen LogP contribution in [0.5, 0.6) is 5.75 Å². The molecule has 0 saturated heterocycles. The van der Waals surface area contributed by atoms with Gasteiger partial charge in [-0.25, -0.2) is 14.6 Å². The number of hydrogen-bond acceptors (Lipinski definition) is 6. The van der Waals surface area contributed by atoms with Crippen LogP contribution in [0.3, 0.4) is 0 Å². The summed E-state index contributed by atoms with van der Waals surface area (Å²) in [5.74, 6) is 2.23. The molecule has 0 aliphatic heterocycles. The van der Waals surface area contributed by atoms with Crippen LogP contribution in [0.25, 0.3) is 5.82 Å². The van der Waals surface area contributed by atoms with Gasteiger partial charge in [-0.2, -0.15) is 5.10 Å². The van der Waals surface area contributed by atoms with Crippen molar-refractivity contribution >= 4 is 17.4 Å². The highest BCUT2D eigenvalue weighted by Gasteiger charge is 2.16. The van der Waals surface area contributed by atoms with Crippen molar-refractivity contribution in [3.8, 4) is 11.6 Å². The standard InChI is InChI=1S/C21H26N6O2/c1-14-18(10-11-21(28)24-16-6-8-17(29-5)9-7-16)15(2)27(25-14)20-12-19(26(3)4)22-13-23-20/h6-9,12-13H,10-11H2,1-5H3,(H,24,28). The first-order valence-electron chi connectivity index (χ1n) is 9.37. The van der Waals surface area contributed by atoms with Gasteiger partial charge in [-0.05, 0) is 50.1 Å². The summed E-state index contributed by atoms with van der Waals surface area (Å²) < 4.78 is 6.94. The van der Waals surface area contributed by atoms with Crippen LogP contribution in [-0.4, -0.2) is 46.9 Å². The maximum absolute atomic E-state index is 12.4. The van der Waals surface area contributed by atoms with Crippen molar-refractivity contribution < 1.29 is 9.53 Å². The zero-order valence-corrected chi connectivity index (χ0v) is 17.4. The molecule has 8 heteroatoms. The van der Waals surface area contributed by atoms with Gasteiger partial charge in [-0.3, -0.25) is 4.79 Å². The van der Waals surface area contributed by atoms with Crippen LogP contribution in [0.4, 0.5) is 11.5 Å². The highest BCUT2D eigenvalue weighted by atomic mass is 16.5. The number of amides is 1. The van der Waals surface area contributed by atoms with E-state index < -0.39 is 0 Å². The number of aromatic nitrogens is 4. The number of nitrogens with one attached hydrogen (secondary N) is 1. The van der Waals surface area contributed by atoms with E-state index in [0.717, 1.165) is 34.2 Å². The molecular formula is C21H26N6O2. The number of aryl methyl sites for hydroxylation is 1. The molecule has 0 fully saturated rings. The van der Waals surface area contributed by atoms with Gasteiger partial charge >= 0.3 is 0 Å². The van der Waals surface area contributed by atoms with E-state index in [1.807, 2.05) is 63.2 Å². The summed E-state index contributed by atoms with van der Waals surface area (Å²) >= 11 is 0. The van der Waals surface area contributed by atoms with Crippen molar-refractivity contribution in [2.45, 2.75) is 26.7 Å². The number of carbonyl (C=O) groups is 1. The molecule has 0 aliphatic carbocycles. The van der Waals surface area contributed by atoms with Gasteiger partial charge in [0, 0.05) is 38.0 Å². The summed E-state index contributed by atoms with van der Waals surface area (Å²) in [4.78, 5) is 22.9. The highest BCUT2D eigenvalue weighted by Crippen LogP contribution is 2.20. The molecule has 0 bridgehead atoms. The number of anilines is 2. The molecule has 1 aromatic carbocycles. The Morgan fingerprint density at radius 2 is 1.90 bits per heavy atom. The SMILES string of the molecule is COc1ccc(NC(=O)CCc2c(C)nn(-c3cc(N(C)C)ncn3)c2C)cc1. The highest BCUT2D eigenvalue weighted by molar-refractivity contribution is 5.90. The molecule has 0 spiro atoms. The van der Waals surface area contributed by atoms with Gasteiger partial charge in [0.25, 0.3) is 0 Å². The van der Waals surface area contributed by atoms with Crippen LogP contribution in [0.2, 0.25) is 0 Å². The first-order chi connectivity index (χ1) is 13.9. The second-order valence-electron chi connectivity index (χ2n) is 6.97. The molecule has 0 radical (unpaired) electrons. The first-order valence-corrected chi connectivity index (χ1v) is 9.37. The number of carbonyl (C=O) groups excluding carboxylic acids is 1. The van der Waals surface area contributed by atoms with Crippen molar-refractivity contribution in [3.05, 3.63) is 53.6 Å². The molecule has 0 unspecified atom stereocenters. The van der Waals surface area contributed by atoms with Gasteiger partial charge in [0.15, 0.2) is 5.82 Å².